The molecule has 0 unspecified atom stereocenters. The highest BCUT2D eigenvalue weighted by atomic mass is 16.3. The number of hydrogen-bond donors (Lipinski definition) is 0. The Labute approximate surface area is 186 Å². The van der Waals surface area contributed by atoms with Gasteiger partial charge in [0.15, 0.2) is 0 Å². The van der Waals surface area contributed by atoms with Gasteiger partial charge in [0.2, 0.25) is 0 Å². The predicted molar refractivity (Wildman–Crippen MR) is 130 cm³/mol. The van der Waals surface area contributed by atoms with Gasteiger partial charge in [0.25, 0.3) is 0 Å². The molecule has 1 heteroatoms. The molecule has 3 aliphatic carbocycles. The zero-order valence-corrected chi connectivity index (χ0v) is 17.6. The standard InChI is InChI=1S/C31H20O/c1-5-13-25-19(9-1)20-10-2-6-14-26(20)31(25)27-15-7-3-11-21(27)23-17-24-22-12-4-8-16-29(22)32-30(24)18-28(23)31/h1-7,9-15,17-18H,8,16H2. The van der Waals surface area contributed by atoms with Crippen LogP contribution in [0.2, 0.25) is 0 Å². The molecule has 0 fully saturated rings. The van der Waals surface area contributed by atoms with Crippen LogP contribution in [0.4, 0.5) is 0 Å². The second-order valence-electron chi connectivity index (χ2n) is 9.16. The average Bonchev–Trinajstić information content (AvgIpc) is 3.46. The summed E-state index contributed by atoms with van der Waals surface area (Å²) in [4.78, 5) is 0. The van der Waals surface area contributed by atoms with Crippen LogP contribution in [-0.4, -0.2) is 0 Å². The highest BCUT2D eigenvalue weighted by Crippen LogP contribution is 2.63. The Hall–Kier alpha value is -3.84. The molecule has 4 aromatic carbocycles. The van der Waals surface area contributed by atoms with E-state index in [9.17, 15) is 0 Å². The summed E-state index contributed by atoms with van der Waals surface area (Å²) in [6, 6.07) is 31.6. The fraction of sp³-hybridized carbons (Fsp3) is 0.0968. The van der Waals surface area contributed by atoms with Gasteiger partial charge in [-0.15, -0.1) is 0 Å². The van der Waals surface area contributed by atoms with Gasteiger partial charge in [0.05, 0.1) is 5.41 Å². The smallest absolute Gasteiger partial charge is 0.135 e. The Balaban J connectivity index is 1.58. The number of aryl methyl sites for hydroxylation is 1. The molecule has 32 heavy (non-hydrogen) atoms. The van der Waals surface area contributed by atoms with Gasteiger partial charge in [-0.25, -0.2) is 0 Å². The van der Waals surface area contributed by atoms with Crippen LogP contribution in [0.1, 0.15) is 40.0 Å². The molecule has 1 spiro atoms. The summed E-state index contributed by atoms with van der Waals surface area (Å²) in [6.45, 7) is 0. The summed E-state index contributed by atoms with van der Waals surface area (Å²) in [5.74, 6) is 1.13. The van der Waals surface area contributed by atoms with E-state index in [-0.39, 0.29) is 5.41 Å². The lowest BCUT2D eigenvalue weighted by atomic mass is 9.70. The molecule has 150 valence electrons. The van der Waals surface area contributed by atoms with Crippen LogP contribution in [0.25, 0.3) is 39.3 Å². The van der Waals surface area contributed by atoms with Crippen LogP contribution in [0.15, 0.2) is 95.4 Å². The first kappa shape index (κ1) is 16.8. The molecule has 0 aliphatic heterocycles. The molecule has 0 saturated heterocycles. The van der Waals surface area contributed by atoms with Gasteiger partial charge in [-0.2, -0.15) is 0 Å². The van der Waals surface area contributed by atoms with Crippen molar-refractivity contribution in [2.45, 2.75) is 18.3 Å². The quantitative estimate of drug-likeness (QED) is 0.250. The molecule has 0 amide bonds. The van der Waals surface area contributed by atoms with Crippen molar-refractivity contribution in [3.63, 3.8) is 0 Å². The van der Waals surface area contributed by atoms with E-state index in [1.807, 2.05) is 0 Å². The number of fused-ring (bicyclic) bond motifs is 13. The highest BCUT2D eigenvalue weighted by Gasteiger charge is 2.51. The van der Waals surface area contributed by atoms with Crippen LogP contribution in [0.5, 0.6) is 0 Å². The minimum atomic E-state index is -0.295. The van der Waals surface area contributed by atoms with Crippen molar-refractivity contribution >= 4 is 17.0 Å². The third-order valence-electron chi connectivity index (χ3n) is 7.74. The van der Waals surface area contributed by atoms with Crippen LogP contribution in [-0.2, 0) is 11.8 Å². The topological polar surface area (TPSA) is 13.1 Å². The SMILES string of the molecule is C1=Cc2c(oc3cc4c(cc23)-c2ccccc2C42c3ccccc3-c3ccccc32)CC1. The Bertz CT molecular complexity index is 1580. The van der Waals surface area contributed by atoms with Crippen molar-refractivity contribution in [2.75, 3.05) is 0 Å². The van der Waals surface area contributed by atoms with E-state index >= 15 is 0 Å². The van der Waals surface area contributed by atoms with E-state index < -0.39 is 0 Å². The van der Waals surface area contributed by atoms with Crippen molar-refractivity contribution in [2.24, 2.45) is 0 Å². The normalized spacial score (nSPS) is 16.0. The van der Waals surface area contributed by atoms with E-state index in [0.29, 0.717) is 0 Å². The molecule has 0 bridgehead atoms. The fourth-order valence-electron chi connectivity index (χ4n) is 6.54. The molecule has 0 atom stereocenters. The second kappa shape index (κ2) is 5.69. The summed E-state index contributed by atoms with van der Waals surface area (Å²) in [7, 11) is 0. The van der Waals surface area contributed by atoms with Gasteiger partial charge in [0, 0.05) is 17.4 Å². The minimum Gasteiger partial charge on any atom is -0.460 e. The van der Waals surface area contributed by atoms with Crippen molar-refractivity contribution in [3.05, 3.63) is 125 Å². The van der Waals surface area contributed by atoms with Crippen LogP contribution >= 0.6 is 0 Å². The summed E-state index contributed by atoms with van der Waals surface area (Å²) >= 11 is 0. The average molecular weight is 409 g/mol. The van der Waals surface area contributed by atoms with Crippen molar-refractivity contribution in [1.29, 1.82) is 0 Å². The van der Waals surface area contributed by atoms with Gasteiger partial charge >= 0.3 is 0 Å². The summed E-state index contributed by atoms with van der Waals surface area (Å²) < 4.78 is 6.44. The van der Waals surface area contributed by atoms with Crippen molar-refractivity contribution < 1.29 is 4.42 Å². The Kier molecular flexibility index (Phi) is 2.99. The lowest BCUT2D eigenvalue weighted by Crippen LogP contribution is -2.25. The van der Waals surface area contributed by atoms with E-state index in [2.05, 4.69) is 97.1 Å². The zero-order chi connectivity index (χ0) is 20.9. The molecule has 1 heterocycles. The Morgan fingerprint density at radius 2 is 1.22 bits per heavy atom. The lowest BCUT2D eigenvalue weighted by Gasteiger charge is -2.30. The largest absolute Gasteiger partial charge is 0.460 e. The molecular weight excluding hydrogens is 388 g/mol. The molecule has 8 rings (SSSR count). The predicted octanol–water partition coefficient (Wildman–Crippen LogP) is 7.74. The van der Waals surface area contributed by atoms with Gasteiger partial charge in [-0.05, 0) is 63.1 Å². The van der Waals surface area contributed by atoms with Gasteiger partial charge < -0.3 is 4.42 Å². The monoisotopic (exact) mass is 408 g/mol. The summed E-state index contributed by atoms with van der Waals surface area (Å²) in [5.41, 5.74) is 12.8. The van der Waals surface area contributed by atoms with Crippen molar-refractivity contribution in [3.8, 4) is 22.3 Å². The number of furan rings is 1. The van der Waals surface area contributed by atoms with E-state index in [0.717, 1.165) is 24.2 Å². The minimum absolute atomic E-state index is 0.295. The van der Waals surface area contributed by atoms with Crippen LogP contribution in [0, 0.1) is 0 Å². The molecule has 5 aromatic rings. The third kappa shape index (κ3) is 1.79. The second-order valence-corrected chi connectivity index (χ2v) is 9.16. The van der Waals surface area contributed by atoms with Crippen LogP contribution < -0.4 is 0 Å². The summed E-state index contributed by atoms with van der Waals surface area (Å²) in [5, 5.41) is 1.24. The zero-order valence-electron chi connectivity index (χ0n) is 17.6. The fourth-order valence-corrected chi connectivity index (χ4v) is 6.54. The maximum Gasteiger partial charge on any atom is 0.135 e. The van der Waals surface area contributed by atoms with Gasteiger partial charge in [0.1, 0.15) is 11.3 Å². The highest BCUT2D eigenvalue weighted by molar-refractivity contribution is 6.01. The van der Waals surface area contributed by atoms with Gasteiger partial charge in [-0.1, -0.05) is 84.9 Å². The number of allylic oxidation sites excluding steroid dienone is 1. The van der Waals surface area contributed by atoms with E-state index in [4.69, 9.17) is 4.42 Å². The summed E-state index contributed by atoms with van der Waals surface area (Å²) in [6.07, 6.45) is 6.55. The Morgan fingerprint density at radius 3 is 1.88 bits per heavy atom. The third-order valence-corrected chi connectivity index (χ3v) is 7.74. The molecule has 0 N–H and O–H groups in total. The molecule has 3 aliphatic rings. The number of benzene rings is 4. The van der Waals surface area contributed by atoms with E-state index in [1.165, 1.54) is 55.5 Å². The molecule has 1 nitrogen and oxygen atoms in total. The van der Waals surface area contributed by atoms with Gasteiger partial charge in [-0.3, -0.25) is 0 Å². The number of hydrogen-bond acceptors (Lipinski definition) is 1. The Morgan fingerprint density at radius 1 is 0.625 bits per heavy atom. The molecule has 1 aromatic heterocycles. The van der Waals surface area contributed by atoms with E-state index in [1.54, 1.807) is 0 Å². The molecule has 0 saturated carbocycles. The first-order chi connectivity index (χ1) is 15.9. The molecular formula is C31H20O. The van der Waals surface area contributed by atoms with Crippen molar-refractivity contribution in [1.82, 2.24) is 0 Å². The molecule has 0 radical (unpaired) electrons. The maximum atomic E-state index is 6.44. The first-order valence-corrected chi connectivity index (χ1v) is 11.4. The lowest BCUT2D eigenvalue weighted by molar-refractivity contribution is 0.545. The maximum absolute atomic E-state index is 6.44. The van der Waals surface area contributed by atoms with Crippen LogP contribution in [0.3, 0.4) is 0 Å². The first-order valence-electron chi connectivity index (χ1n) is 11.4. The number of rotatable bonds is 0.